The van der Waals surface area contributed by atoms with Gasteiger partial charge in [0.1, 0.15) is 53.7 Å². The Labute approximate surface area is 348 Å². The number of nitrogens with one attached hydrogen (secondary N) is 1. The molecule has 0 aliphatic carbocycles. The molecule has 0 radical (unpaired) electrons. The van der Waals surface area contributed by atoms with Crippen molar-refractivity contribution in [1.82, 2.24) is 24.4 Å². The van der Waals surface area contributed by atoms with Crippen LogP contribution in [0.25, 0.3) is 44.0 Å². The maximum Gasteiger partial charge on any atom is 0.349 e. The molecule has 2 aliphatic rings. The zero-order valence-corrected chi connectivity index (χ0v) is 35.7. The molecule has 6 heterocycles. The zero-order chi connectivity index (χ0) is 42.2. The van der Waals surface area contributed by atoms with E-state index in [0.717, 1.165) is 42.0 Å². The van der Waals surface area contributed by atoms with Crippen LogP contribution in [0.3, 0.4) is 0 Å². The van der Waals surface area contributed by atoms with Crippen LogP contribution in [-0.4, -0.2) is 91.0 Å². The molecule has 4 aromatic heterocycles. The van der Waals surface area contributed by atoms with Crippen LogP contribution < -0.4 is 20.4 Å². The molecule has 6 aromatic rings. The number of alkyl halides is 1. The fourth-order valence-electron chi connectivity index (χ4n) is 8.62. The lowest BCUT2D eigenvalue weighted by Crippen LogP contribution is -2.43. The van der Waals surface area contributed by atoms with Gasteiger partial charge in [0.25, 0.3) is 0 Å². The number of rotatable bonds is 16. The van der Waals surface area contributed by atoms with Gasteiger partial charge in [-0.2, -0.15) is 9.97 Å². The van der Waals surface area contributed by atoms with E-state index in [9.17, 15) is 9.18 Å². The van der Waals surface area contributed by atoms with Gasteiger partial charge in [0.05, 0.1) is 16.6 Å². The van der Waals surface area contributed by atoms with Crippen LogP contribution in [0.1, 0.15) is 36.0 Å². The topological polar surface area (TPSA) is 126 Å². The highest BCUT2D eigenvalue weighted by Gasteiger charge is 2.49. The third-order valence-electron chi connectivity index (χ3n) is 11.6. The summed E-state index contributed by atoms with van der Waals surface area (Å²) in [6.07, 6.45) is 11.4. The van der Waals surface area contributed by atoms with Gasteiger partial charge in [0.15, 0.2) is 6.79 Å². The molecule has 2 saturated heterocycles. The van der Waals surface area contributed by atoms with Crippen molar-refractivity contribution >= 4 is 46.6 Å². The lowest BCUT2D eigenvalue weighted by Gasteiger charge is -2.30. The molecule has 0 saturated carbocycles. The second-order valence-corrected chi connectivity index (χ2v) is 22.6. The molecule has 0 bridgehead atoms. The summed E-state index contributed by atoms with van der Waals surface area (Å²) < 4.78 is 61.5. The molecule has 0 unspecified atom stereocenters. The van der Waals surface area contributed by atoms with E-state index >= 15 is 4.39 Å². The Balaban J connectivity index is 1.18. The average Bonchev–Trinajstić information content (AvgIpc) is 3.88. The van der Waals surface area contributed by atoms with E-state index in [1.165, 1.54) is 13.2 Å². The van der Waals surface area contributed by atoms with E-state index in [0.29, 0.717) is 66.9 Å². The molecule has 12 nitrogen and oxygen atoms in total. The maximum absolute atomic E-state index is 15.3. The van der Waals surface area contributed by atoms with Crippen LogP contribution in [0.2, 0.25) is 25.7 Å². The van der Waals surface area contributed by atoms with E-state index < -0.39 is 31.2 Å². The number of hydrogen-bond acceptors (Lipinski definition) is 11. The largest absolute Gasteiger partial charge is 0.468 e. The van der Waals surface area contributed by atoms with Gasteiger partial charge in [-0.15, -0.1) is 6.42 Å². The highest BCUT2D eigenvalue weighted by Crippen LogP contribution is 2.42. The number of fused-ring (bicyclic) bond motifs is 4. The Morgan fingerprint density at radius 2 is 2.00 bits per heavy atom. The Morgan fingerprint density at radius 3 is 2.80 bits per heavy atom. The number of aryl methyl sites for hydroxylation is 1. The number of aromatic nitrogens is 4. The average molecular weight is 837 g/mol. The molecular weight excluding hydrogens is 787 g/mol. The summed E-state index contributed by atoms with van der Waals surface area (Å²) in [5, 5.41) is 5.45. The second-order valence-electron chi connectivity index (χ2n) is 17.0. The molecule has 15 heteroatoms. The first-order chi connectivity index (χ1) is 28.9. The third-order valence-corrected chi connectivity index (χ3v) is 13.3. The summed E-state index contributed by atoms with van der Waals surface area (Å²) in [5.74, 6) is 2.62. The maximum atomic E-state index is 15.3. The molecule has 1 N–H and O–H groups in total. The van der Waals surface area contributed by atoms with Gasteiger partial charge in [-0.25, -0.2) is 18.6 Å². The van der Waals surface area contributed by atoms with Gasteiger partial charge in [0, 0.05) is 75.6 Å². The van der Waals surface area contributed by atoms with E-state index in [1.807, 2.05) is 16.7 Å². The lowest BCUT2D eigenvalue weighted by atomic mass is 9.95. The van der Waals surface area contributed by atoms with Gasteiger partial charge in [-0.1, -0.05) is 31.6 Å². The van der Waals surface area contributed by atoms with Crippen molar-refractivity contribution in [3.63, 3.8) is 0 Å². The molecule has 2 aromatic carbocycles. The molecular formula is C45H50F2N6O6Si. The van der Waals surface area contributed by atoms with Crippen LogP contribution in [-0.2, 0) is 22.6 Å². The first-order valence-corrected chi connectivity index (χ1v) is 24.1. The summed E-state index contributed by atoms with van der Waals surface area (Å²) in [5.41, 5.74) is 1.78. The number of anilines is 1. The molecule has 2 aliphatic heterocycles. The van der Waals surface area contributed by atoms with Crippen molar-refractivity contribution in [2.45, 2.75) is 76.7 Å². The molecule has 8 rings (SSSR count). The molecule has 314 valence electrons. The summed E-state index contributed by atoms with van der Waals surface area (Å²) in [6, 6.07) is 11.3. The summed E-state index contributed by atoms with van der Waals surface area (Å²) >= 11 is 0. The minimum Gasteiger partial charge on any atom is -0.468 e. The molecule has 2 fully saturated rings. The fourth-order valence-corrected chi connectivity index (χ4v) is 9.38. The van der Waals surface area contributed by atoms with Gasteiger partial charge in [-0.05, 0) is 80.1 Å². The predicted octanol–water partition coefficient (Wildman–Crippen LogP) is 8.09. The van der Waals surface area contributed by atoms with E-state index in [2.05, 4.69) is 47.0 Å². The molecule has 60 heavy (non-hydrogen) atoms. The van der Waals surface area contributed by atoms with Crippen molar-refractivity contribution in [3.8, 4) is 35.4 Å². The van der Waals surface area contributed by atoms with Crippen molar-refractivity contribution in [1.29, 1.82) is 0 Å². The van der Waals surface area contributed by atoms with Crippen LogP contribution in [0, 0.1) is 25.1 Å². The van der Waals surface area contributed by atoms with E-state index in [4.69, 9.17) is 39.8 Å². The summed E-state index contributed by atoms with van der Waals surface area (Å²) in [4.78, 5) is 30.6. The van der Waals surface area contributed by atoms with E-state index in [1.54, 1.807) is 31.3 Å². The highest BCUT2D eigenvalue weighted by atomic mass is 28.3. The van der Waals surface area contributed by atoms with Crippen molar-refractivity contribution in [2.24, 2.45) is 0 Å². The van der Waals surface area contributed by atoms with E-state index in [-0.39, 0.29) is 47.5 Å². The zero-order valence-electron chi connectivity index (χ0n) is 34.7. The smallest absolute Gasteiger partial charge is 0.349 e. The van der Waals surface area contributed by atoms with Crippen LogP contribution in [0.5, 0.6) is 11.8 Å². The molecule has 2 atom stereocenters. The number of ether oxygens (including phenoxy) is 4. The number of methoxy groups -OCH3 is 1. The van der Waals surface area contributed by atoms with Crippen molar-refractivity contribution < 1.29 is 32.1 Å². The quantitative estimate of drug-likeness (QED) is 0.0440. The van der Waals surface area contributed by atoms with Crippen LogP contribution in [0.15, 0.2) is 58.0 Å². The fraction of sp³-hybridized carbons (Fsp3) is 0.422. The lowest BCUT2D eigenvalue weighted by molar-refractivity contribution is 0.0512. The standard InChI is InChI=1S/C45H50F2N6O6Si/c1-7-33-36(47)12-11-29-20-32(58-27-55-3)21-35(37(29)33)40-28(2)39-38(43(54)59-40)41(51-44(50-39)57-25-45-14-9-17-53(45)24-31(46)22-45)48-16-13-30-23-52(26-56-18-19-60(4,5)6)42-34(30)10-8-15-49-42/h1,8,10-12,15,20-21,23,31H,9,13-14,16-19,22,24-27H2,2-6H3,(H,48,50,51)/t31-,45+/m1/s1. The van der Waals surface area contributed by atoms with Gasteiger partial charge >= 0.3 is 11.6 Å². The van der Waals surface area contributed by atoms with Gasteiger partial charge in [-0.3, -0.25) is 4.90 Å². The molecule has 0 spiro atoms. The first-order valence-electron chi connectivity index (χ1n) is 20.3. The van der Waals surface area contributed by atoms with Gasteiger partial charge in [0.2, 0.25) is 0 Å². The van der Waals surface area contributed by atoms with Crippen molar-refractivity contribution in [2.75, 3.05) is 52.1 Å². The monoisotopic (exact) mass is 836 g/mol. The third kappa shape index (κ3) is 8.21. The summed E-state index contributed by atoms with van der Waals surface area (Å²) in [7, 11) is 0.254. The minimum absolute atomic E-state index is 0.00907. The number of halogens is 2. The van der Waals surface area contributed by atoms with Crippen molar-refractivity contribution in [3.05, 3.63) is 81.7 Å². The van der Waals surface area contributed by atoms with Gasteiger partial charge < -0.3 is 33.2 Å². The Kier molecular flexibility index (Phi) is 11.7. The number of benzene rings is 2. The highest BCUT2D eigenvalue weighted by molar-refractivity contribution is 6.76. The van der Waals surface area contributed by atoms with Crippen LogP contribution in [0.4, 0.5) is 14.6 Å². The number of pyridine rings is 1. The SMILES string of the molecule is C#Cc1c(F)ccc2cc(OCOC)cc(-c3oc(=O)c4c(NCCc5cn(COCC[Si](C)(C)C)c6ncccc56)nc(OC[C@@]56CCCN5C[C@H](F)C6)nc4c3C)c12. The predicted molar refractivity (Wildman–Crippen MR) is 231 cm³/mol. The minimum atomic E-state index is -1.24. The Bertz CT molecular complexity index is 2670. The van der Waals surface area contributed by atoms with Crippen LogP contribution >= 0.6 is 0 Å². The normalized spacial score (nSPS) is 18.1. The molecule has 0 amide bonds. The number of terminal acetylenes is 1. The second kappa shape index (κ2) is 16.9. The summed E-state index contributed by atoms with van der Waals surface area (Å²) in [6.45, 7) is 11.5. The Morgan fingerprint density at radius 1 is 1.15 bits per heavy atom. The first kappa shape index (κ1) is 41.3. The number of hydrogen-bond donors (Lipinski definition) is 1. The Hall–Kier alpha value is -5.40. The number of nitrogens with zero attached hydrogens (tertiary/aromatic N) is 5.